The largest absolute Gasteiger partial charge is 0.409 e. The molecule has 0 aromatic heterocycles. The summed E-state index contributed by atoms with van der Waals surface area (Å²) >= 11 is 0. The molecular formula is C13H18FN3O2. The zero-order valence-electron chi connectivity index (χ0n) is 10.8. The number of unbranched alkanes of at least 4 members (excludes halogenated alkanes) is 1. The summed E-state index contributed by atoms with van der Waals surface area (Å²) in [5.74, 6) is -0.752. The molecule has 0 aliphatic rings. The number of aryl methyl sites for hydroxylation is 1. The molecule has 0 heterocycles. The number of nitrogens with one attached hydrogen (secondary N) is 1. The number of hydrogen-bond donors (Lipinski definition) is 3. The van der Waals surface area contributed by atoms with Crippen LogP contribution in [0.25, 0.3) is 0 Å². The van der Waals surface area contributed by atoms with E-state index in [9.17, 15) is 9.18 Å². The molecule has 6 heteroatoms. The normalized spacial score (nSPS) is 11.4. The first-order valence-corrected chi connectivity index (χ1v) is 6.06. The second-order valence-corrected chi connectivity index (χ2v) is 4.24. The number of amides is 1. The number of hydrogen-bond acceptors (Lipinski definition) is 3. The van der Waals surface area contributed by atoms with Crippen molar-refractivity contribution in [3.05, 3.63) is 35.1 Å². The Morgan fingerprint density at radius 3 is 2.89 bits per heavy atom. The van der Waals surface area contributed by atoms with E-state index in [2.05, 4.69) is 10.5 Å². The molecule has 19 heavy (non-hydrogen) atoms. The number of halogens is 1. The van der Waals surface area contributed by atoms with E-state index in [1.807, 2.05) is 0 Å². The summed E-state index contributed by atoms with van der Waals surface area (Å²) in [4.78, 5) is 11.7. The Morgan fingerprint density at radius 2 is 2.21 bits per heavy atom. The van der Waals surface area contributed by atoms with Crippen molar-refractivity contribution in [3.63, 3.8) is 0 Å². The Morgan fingerprint density at radius 1 is 1.47 bits per heavy atom. The second kappa shape index (κ2) is 7.35. The van der Waals surface area contributed by atoms with Crippen LogP contribution in [-0.4, -0.2) is 23.5 Å². The third-order valence-corrected chi connectivity index (χ3v) is 2.71. The Kier molecular flexibility index (Phi) is 5.78. The van der Waals surface area contributed by atoms with Crippen molar-refractivity contribution in [1.82, 2.24) is 5.32 Å². The lowest BCUT2D eigenvalue weighted by atomic mass is 10.1. The van der Waals surface area contributed by atoms with Gasteiger partial charge in [0, 0.05) is 13.0 Å². The SMILES string of the molecule is Cc1cccc(C(=O)NCCCC/C(N)=N/O)c1F. The molecule has 0 fully saturated rings. The summed E-state index contributed by atoms with van der Waals surface area (Å²) in [6.45, 7) is 2.04. The summed E-state index contributed by atoms with van der Waals surface area (Å²) in [5, 5.41) is 13.8. The van der Waals surface area contributed by atoms with Crippen LogP contribution in [0.2, 0.25) is 0 Å². The van der Waals surface area contributed by atoms with Gasteiger partial charge in [0.2, 0.25) is 0 Å². The Bertz CT molecular complexity index is 475. The molecule has 0 bridgehead atoms. The standard InChI is InChI=1S/C13H18FN3O2/c1-9-5-4-6-10(12(9)14)13(18)16-8-3-2-7-11(15)17-19/h4-6,19H,2-3,7-8H2,1H3,(H2,15,17)(H,16,18). The molecule has 4 N–H and O–H groups in total. The lowest BCUT2D eigenvalue weighted by Gasteiger charge is -2.07. The van der Waals surface area contributed by atoms with Gasteiger partial charge in [0.1, 0.15) is 11.7 Å². The van der Waals surface area contributed by atoms with E-state index in [1.54, 1.807) is 19.1 Å². The minimum Gasteiger partial charge on any atom is -0.409 e. The number of benzene rings is 1. The average molecular weight is 267 g/mol. The molecule has 0 aliphatic heterocycles. The van der Waals surface area contributed by atoms with Crippen LogP contribution in [-0.2, 0) is 0 Å². The third kappa shape index (κ3) is 4.57. The van der Waals surface area contributed by atoms with Crippen LogP contribution in [0, 0.1) is 12.7 Å². The topological polar surface area (TPSA) is 87.7 Å². The predicted octanol–water partition coefficient (Wildman–Crippen LogP) is 1.78. The highest BCUT2D eigenvalue weighted by Gasteiger charge is 2.12. The summed E-state index contributed by atoms with van der Waals surface area (Å²) in [6.07, 6.45) is 1.83. The molecule has 1 amide bonds. The van der Waals surface area contributed by atoms with Gasteiger partial charge in [-0.1, -0.05) is 17.3 Å². The van der Waals surface area contributed by atoms with Gasteiger partial charge in [-0.05, 0) is 31.4 Å². The van der Waals surface area contributed by atoms with Crippen LogP contribution in [0.1, 0.15) is 35.2 Å². The second-order valence-electron chi connectivity index (χ2n) is 4.24. The summed E-state index contributed by atoms with van der Waals surface area (Å²) in [7, 11) is 0. The van der Waals surface area contributed by atoms with Gasteiger partial charge in [0.15, 0.2) is 0 Å². The Labute approximate surface area is 111 Å². The summed E-state index contributed by atoms with van der Waals surface area (Å²) in [6, 6.07) is 4.71. The molecule has 0 saturated heterocycles. The number of carbonyl (C=O) groups is 1. The van der Waals surface area contributed by atoms with Gasteiger partial charge in [-0.15, -0.1) is 0 Å². The molecule has 0 saturated carbocycles. The van der Waals surface area contributed by atoms with Crippen LogP contribution in [0.3, 0.4) is 0 Å². The van der Waals surface area contributed by atoms with Crippen molar-refractivity contribution < 1.29 is 14.4 Å². The summed E-state index contributed by atoms with van der Waals surface area (Å²) in [5.41, 5.74) is 5.80. The fraction of sp³-hybridized carbons (Fsp3) is 0.385. The fourth-order valence-electron chi connectivity index (χ4n) is 1.60. The lowest BCUT2D eigenvalue weighted by molar-refractivity contribution is 0.0949. The van der Waals surface area contributed by atoms with E-state index in [1.165, 1.54) is 6.07 Å². The first-order chi connectivity index (χ1) is 9.06. The summed E-state index contributed by atoms with van der Waals surface area (Å²) < 4.78 is 13.7. The maximum Gasteiger partial charge on any atom is 0.254 e. The molecule has 104 valence electrons. The van der Waals surface area contributed by atoms with Crippen LogP contribution in [0.15, 0.2) is 23.4 Å². The lowest BCUT2D eigenvalue weighted by Crippen LogP contribution is -2.25. The molecule has 0 spiro atoms. The predicted molar refractivity (Wildman–Crippen MR) is 70.7 cm³/mol. The first-order valence-electron chi connectivity index (χ1n) is 6.06. The molecular weight excluding hydrogens is 249 g/mol. The van der Waals surface area contributed by atoms with Crippen LogP contribution < -0.4 is 11.1 Å². The van der Waals surface area contributed by atoms with Gasteiger partial charge in [0.25, 0.3) is 5.91 Å². The highest BCUT2D eigenvalue weighted by atomic mass is 19.1. The van der Waals surface area contributed by atoms with Crippen molar-refractivity contribution in [2.75, 3.05) is 6.54 Å². The van der Waals surface area contributed by atoms with Gasteiger partial charge in [-0.3, -0.25) is 4.79 Å². The molecule has 0 radical (unpaired) electrons. The van der Waals surface area contributed by atoms with Crippen molar-refractivity contribution in [2.24, 2.45) is 10.9 Å². The number of oxime groups is 1. The number of nitrogens with two attached hydrogens (primary N) is 1. The van der Waals surface area contributed by atoms with Crippen LogP contribution in [0.4, 0.5) is 4.39 Å². The van der Waals surface area contributed by atoms with Crippen molar-refractivity contribution in [1.29, 1.82) is 0 Å². The van der Waals surface area contributed by atoms with Crippen molar-refractivity contribution >= 4 is 11.7 Å². The Balaban J connectivity index is 2.38. The number of nitrogens with zero attached hydrogens (tertiary/aromatic N) is 1. The average Bonchev–Trinajstić information content (AvgIpc) is 2.40. The van der Waals surface area contributed by atoms with E-state index in [4.69, 9.17) is 10.9 Å². The quantitative estimate of drug-likeness (QED) is 0.241. The minimum absolute atomic E-state index is 0.0523. The molecule has 5 nitrogen and oxygen atoms in total. The van der Waals surface area contributed by atoms with E-state index >= 15 is 0 Å². The van der Waals surface area contributed by atoms with Gasteiger partial charge in [-0.2, -0.15) is 0 Å². The molecule has 1 rings (SSSR count). The maximum absolute atomic E-state index is 13.7. The van der Waals surface area contributed by atoms with Crippen LogP contribution in [0.5, 0.6) is 0 Å². The van der Waals surface area contributed by atoms with E-state index in [0.717, 1.165) is 0 Å². The zero-order chi connectivity index (χ0) is 14.3. The smallest absolute Gasteiger partial charge is 0.254 e. The Hall–Kier alpha value is -2.11. The highest BCUT2D eigenvalue weighted by molar-refractivity contribution is 5.94. The maximum atomic E-state index is 13.7. The molecule has 1 aromatic carbocycles. The highest BCUT2D eigenvalue weighted by Crippen LogP contribution is 2.11. The number of rotatable bonds is 6. The molecule has 0 unspecified atom stereocenters. The van der Waals surface area contributed by atoms with Crippen LogP contribution >= 0.6 is 0 Å². The minimum atomic E-state index is -0.489. The third-order valence-electron chi connectivity index (χ3n) is 2.71. The number of amidine groups is 1. The first kappa shape index (κ1) is 14.9. The molecule has 0 atom stereocenters. The van der Waals surface area contributed by atoms with Gasteiger partial charge in [0.05, 0.1) is 5.56 Å². The van der Waals surface area contributed by atoms with Gasteiger partial charge < -0.3 is 16.3 Å². The fourth-order valence-corrected chi connectivity index (χ4v) is 1.60. The van der Waals surface area contributed by atoms with E-state index in [-0.39, 0.29) is 11.4 Å². The molecule has 0 aliphatic carbocycles. The van der Waals surface area contributed by atoms with E-state index < -0.39 is 11.7 Å². The molecule has 1 aromatic rings. The van der Waals surface area contributed by atoms with E-state index in [0.29, 0.717) is 31.4 Å². The number of carbonyl (C=O) groups excluding carboxylic acids is 1. The van der Waals surface area contributed by atoms with Crippen molar-refractivity contribution in [2.45, 2.75) is 26.2 Å². The van der Waals surface area contributed by atoms with Gasteiger partial charge in [-0.25, -0.2) is 4.39 Å². The zero-order valence-corrected chi connectivity index (χ0v) is 10.8. The monoisotopic (exact) mass is 267 g/mol. The van der Waals surface area contributed by atoms with Gasteiger partial charge >= 0.3 is 0 Å². The van der Waals surface area contributed by atoms with Crippen molar-refractivity contribution in [3.8, 4) is 0 Å².